The van der Waals surface area contributed by atoms with Gasteiger partial charge in [0.2, 0.25) is 11.8 Å². The number of benzene rings is 3. The van der Waals surface area contributed by atoms with Crippen LogP contribution < -0.4 is 9.47 Å². The summed E-state index contributed by atoms with van der Waals surface area (Å²) in [4.78, 5) is 15.2. The molecular weight excluding hydrogens is 542 g/mol. The number of hydrogen-bond acceptors (Lipinski definition) is 8. The van der Waals surface area contributed by atoms with Crippen LogP contribution >= 0.6 is 0 Å². The molecule has 1 aliphatic rings. The highest BCUT2D eigenvalue weighted by Gasteiger charge is 2.38. The molecule has 0 saturated heterocycles. The Hall–Kier alpha value is -5.51. The van der Waals surface area contributed by atoms with E-state index in [2.05, 4.69) is 22.2 Å². The molecule has 3 aromatic carbocycles. The summed E-state index contributed by atoms with van der Waals surface area (Å²) < 4.78 is 15.4. The highest BCUT2D eigenvalue weighted by atomic mass is 16.6. The van der Waals surface area contributed by atoms with Crippen LogP contribution in [0.15, 0.2) is 90.3 Å². The lowest BCUT2D eigenvalue weighted by atomic mass is 9.84. The van der Waals surface area contributed by atoms with E-state index in [1.165, 1.54) is 5.56 Å². The number of rotatable bonds is 7. The Kier molecular flexibility index (Phi) is 6.58. The zero-order valence-corrected chi connectivity index (χ0v) is 24.2. The predicted molar refractivity (Wildman–Crippen MR) is 161 cm³/mol. The van der Waals surface area contributed by atoms with E-state index < -0.39 is 0 Å². The van der Waals surface area contributed by atoms with Gasteiger partial charge < -0.3 is 14.3 Å². The van der Waals surface area contributed by atoms with E-state index in [1.807, 2.05) is 97.4 Å². The molecule has 10 nitrogen and oxygen atoms in total. The molecule has 4 heterocycles. The van der Waals surface area contributed by atoms with Gasteiger partial charge >= 0.3 is 0 Å². The second kappa shape index (κ2) is 10.7. The van der Waals surface area contributed by atoms with Crippen LogP contribution in [0.1, 0.15) is 52.2 Å². The second-order valence-electron chi connectivity index (χ2n) is 10.4. The van der Waals surface area contributed by atoms with Crippen molar-refractivity contribution >= 4 is 11.4 Å². The summed E-state index contributed by atoms with van der Waals surface area (Å²) in [6, 6.07) is 26.1. The second-order valence-corrected chi connectivity index (χ2v) is 10.4. The Labute approximate surface area is 248 Å². The van der Waals surface area contributed by atoms with Crippen molar-refractivity contribution < 1.29 is 14.3 Å². The summed E-state index contributed by atoms with van der Waals surface area (Å²) in [5.41, 5.74) is 8.09. The Morgan fingerprint density at radius 3 is 2.44 bits per heavy atom. The zero-order valence-electron chi connectivity index (χ0n) is 24.2. The quantitative estimate of drug-likeness (QED) is 0.167. The molecule has 214 valence electrons. The van der Waals surface area contributed by atoms with Crippen molar-refractivity contribution in [2.75, 3.05) is 7.11 Å². The topological polar surface area (TPSA) is 101 Å². The van der Waals surface area contributed by atoms with E-state index in [0.717, 1.165) is 45.1 Å². The molecule has 0 spiro atoms. The molecule has 0 saturated carbocycles. The maximum atomic E-state index is 6.50. The van der Waals surface area contributed by atoms with Gasteiger partial charge in [-0.05, 0) is 56.2 Å². The lowest BCUT2D eigenvalue weighted by molar-refractivity contribution is 0.125. The van der Waals surface area contributed by atoms with Gasteiger partial charge in [-0.15, -0.1) is 5.10 Å². The predicted octanol–water partition coefficient (Wildman–Crippen LogP) is 6.16. The van der Waals surface area contributed by atoms with Gasteiger partial charge in [0.05, 0.1) is 41.2 Å². The van der Waals surface area contributed by atoms with Crippen LogP contribution in [0.25, 0.3) is 11.3 Å². The minimum Gasteiger partial charge on any atom is -0.497 e. The van der Waals surface area contributed by atoms with Crippen molar-refractivity contribution in [1.29, 1.82) is 0 Å². The number of fused-ring (bicyclic) bond motifs is 4. The van der Waals surface area contributed by atoms with E-state index in [4.69, 9.17) is 24.4 Å². The van der Waals surface area contributed by atoms with E-state index in [0.29, 0.717) is 23.2 Å². The normalized spacial score (nSPS) is 14.2. The van der Waals surface area contributed by atoms with Crippen LogP contribution in [0.5, 0.6) is 17.5 Å². The number of hydrogen-bond donors (Lipinski definition) is 0. The van der Waals surface area contributed by atoms with Gasteiger partial charge in [-0.1, -0.05) is 65.3 Å². The fourth-order valence-electron chi connectivity index (χ4n) is 5.39. The average Bonchev–Trinajstić information content (AvgIpc) is 3.61. The van der Waals surface area contributed by atoms with Crippen molar-refractivity contribution in [3.05, 3.63) is 125 Å². The third-order valence-electron chi connectivity index (χ3n) is 7.58. The molecule has 0 unspecified atom stereocenters. The summed E-state index contributed by atoms with van der Waals surface area (Å²) in [5.74, 6) is 2.06. The molecule has 10 heteroatoms. The largest absolute Gasteiger partial charge is 0.497 e. The molecule has 0 fully saturated rings. The fraction of sp³-hybridized carbons (Fsp3) is 0.182. The third-order valence-corrected chi connectivity index (χ3v) is 7.58. The maximum Gasteiger partial charge on any atom is 0.230 e. The molecule has 0 amide bonds. The van der Waals surface area contributed by atoms with Gasteiger partial charge in [-0.2, -0.15) is 5.10 Å². The SMILES string of the molecule is COc1ccc([C@@H]2c3c(C)nn(-c4ccccc4)c3Oc3ncn4nc(CO/N=C(\C)c5ccc(C)cc5)nc4c32)cc1. The molecular formula is C33H29N7O3. The summed E-state index contributed by atoms with van der Waals surface area (Å²) in [7, 11) is 1.66. The Balaban J connectivity index is 1.30. The molecule has 1 aliphatic heterocycles. The molecule has 0 bridgehead atoms. The molecule has 0 N–H and O–H groups in total. The number of aromatic nitrogens is 6. The summed E-state index contributed by atoms with van der Waals surface area (Å²) in [6.45, 7) is 6.06. The first-order valence-electron chi connectivity index (χ1n) is 13.9. The van der Waals surface area contributed by atoms with Crippen LogP contribution in [0, 0.1) is 13.8 Å². The number of aryl methyl sites for hydroxylation is 2. The van der Waals surface area contributed by atoms with E-state index in [9.17, 15) is 0 Å². The Morgan fingerprint density at radius 1 is 0.930 bits per heavy atom. The molecule has 0 aliphatic carbocycles. The van der Waals surface area contributed by atoms with Gasteiger partial charge in [0, 0.05) is 0 Å². The lowest BCUT2D eigenvalue weighted by Gasteiger charge is -2.26. The maximum absolute atomic E-state index is 6.50. The molecule has 0 radical (unpaired) electrons. The number of ether oxygens (including phenoxy) is 2. The van der Waals surface area contributed by atoms with Crippen LogP contribution in [-0.4, -0.2) is 42.2 Å². The van der Waals surface area contributed by atoms with Gasteiger partial charge in [-0.25, -0.2) is 19.2 Å². The number of methoxy groups -OCH3 is 1. The molecule has 3 aromatic heterocycles. The van der Waals surface area contributed by atoms with E-state index in [1.54, 1.807) is 18.0 Å². The first-order chi connectivity index (χ1) is 21.0. The van der Waals surface area contributed by atoms with Gasteiger partial charge in [0.15, 0.2) is 18.1 Å². The number of para-hydroxylation sites is 1. The zero-order chi connectivity index (χ0) is 29.5. The van der Waals surface area contributed by atoms with Crippen molar-refractivity contribution in [2.24, 2.45) is 5.16 Å². The molecule has 1 atom stereocenters. The Bertz CT molecular complexity index is 1960. The smallest absolute Gasteiger partial charge is 0.230 e. The van der Waals surface area contributed by atoms with Crippen LogP contribution in [-0.2, 0) is 11.4 Å². The van der Waals surface area contributed by atoms with Gasteiger partial charge in [-0.3, -0.25) is 0 Å². The van der Waals surface area contributed by atoms with Crippen molar-refractivity contribution in [2.45, 2.75) is 33.3 Å². The lowest BCUT2D eigenvalue weighted by Crippen LogP contribution is -2.16. The highest BCUT2D eigenvalue weighted by molar-refractivity contribution is 5.98. The van der Waals surface area contributed by atoms with Crippen molar-refractivity contribution in [3.8, 4) is 23.2 Å². The number of nitrogens with zero attached hydrogens (tertiary/aromatic N) is 7. The Morgan fingerprint density at radius 2 is 1.70 bits per heavy atom. The third kappa shape index (κ3) is 4.76. The average molecular weight is 572 g/mol. The minimum absolute atomic E-state index is 0.101. The van der Waals surface area contributed by atoms with Crippen molar-refractivity contribution in [1.82, 2.24) is 29.4 Å². The van der Waals surface area contributed by atoms with Gasteiger partial charge in [0.25, 0.3) is 0 Å². The monoisotopic (exact) mass is 571 g/mol. The highest BCUT2D eigenvalue weighted by Crippen LogP contribution is 2.49. The first-order valence-corrected chi connectivity index (χ1v) is 13.9. The molecule has 6 aromatic rings. The molecule has 43 heavy (non-hydrogen) atoms. The van der Waals surface area contributed by atoms with E-state index in [-0.39, 0.29) is 12.5 Å². The van der Waals surface area contributed by atoms with Gasteiger partial charge in [0.1, 0.15) is 12.1 Å². The summed E-state index contributed by atoms with van der Waals surface area (Å²) in [5, 5.41) is 13.8. The van der Waals surface area contributed by atoms with Crippen LogP contribution in [0.2, 0.25) is 0 Å². The summed E-state index contributed by atoms with van der Waals surface area (Å²) in [6.07, 6.45) is 1.61. The van der Waals surface area contributed by atoms with Crippen LogP contribution in [0.3, 0.4) is 0 Å². The van der Waals surface area contributed by atoms with E-state index >= 15 is 0 Å². The fourth-order valence-corrected chi connectivity index (χ4v) is 5.39. The van der Waals surface area contributed by atoms with Crippen molar-refractivity contribution in [3.63, 3.8) is 0 Å². The number of oxime groups is 1. The standard InChI is InChI=1S/C33H29N7O3/c1-20-10-12-23(13-11-20)21(2)38-42-18-27-35-31-30-29(24-14-16-26(41-4)17-15-24)28-22(3)36-40(25-8-6-5-7-9-25)33(28)43-32(30)34-19-39(31)37-27/h5-17,19,29H,18H2,1-4H3/b38-21+/t29-/m1/s1. The molecule has 7 rings (SSSR count). The minimum atomic E-state index is -0.266. The first kappa shape index (κ1) is 26.4. The van der Waals surface area contributed by atoms with Crippen LogP contribution in [0.4, 0.5) is 0 Å². The summed E-state index contributed by atoms with van der Waals surface area (Å²) >= 11 is 0.